The summed E-state index contributed by atoms with van der Waals surface area (Å²) < 4.78 is 6.39. The van der Waals surface area contributed by atoms with Crippen molar-refractivity contribution in [2.45, 2.75) is 0 Å². The van der Waals surface area contributed by atoms with Gasteiger partial charge in [-0.2, -0.15) is 0 Å². The fourth-order valence-corrected chi connectivity index (χ4v) is 4.85. The van der Waals surface area contributed by atoms with E-state index < -0.39 is 0 Å². The Hall–Kier alpha value is -4.04. The summed E-state index contributed by atoms with van der Waals surface area (Å²) in [6.07, 6.45) is 0. The summed E-state index contributed by atoms with van der Waals surface area (Å²) in [7, 11) is 0. The van der Waals surface area contributed by atoms with E-state index in [9.17, 15) is 0 Å². The van der Waals surface area contributed by atoms with Crippen molar-refractivity contribution >= 4 is 54.5 Å². The molecule has 2 heteroatoms. The summed E-state index contributed by atoms with van der Waals surface area (Å²) in [5.74, 6) is 0. The third-order valence-electron chi connectivity index (χ3n) is 6.19. The summed E-state index contributed by atoms with van der Waals surface area (Å²) >= 11 is 0. The van der Waals surface area contributed by atoms with Crippen LogP contribution in [0.5, 0.6) is 0 Å². The highest BCUT2D eigenvalue weighted by Gasteiger charge is 2.19. The number of aromatic nitrogens is 1. The maximum atomic E-state index is 6.39. The summed E-state index contributed by atoms with van der Waals surface area (Å²) in [6.45, 7) is 0. The molecule has 30 heavy (non-hydrogen) atoms. The van der Waals surface area contributed by atoms with Crippen molar-refractivity contribution in [2.75, 3.05) is 0 Å². The lowest BCUT2D eigenvalue weighted by Gasteiger charge is -2.04. The van der Waals surface area contributed by atoms with Gasteiger partial charge >= 0.3 is 0 Å². The van der Waals surface area contributed by atoms with Gasteiger partial charge in [0.2, 0.25) is 0 Å². The summed E-state index contributed by atoms with van der Waals surface area (Å²) in [6, 6.07) is 34.1. The number of rotatable bonds is 1. The SMILES string of the molecule is c1ccc(-c2ccc3[nH]c4c5ccccc5c5oc6ccccc6c5c4c3c2)cc1. The van der Waals surface area contributed by atoms with Crippen LogP contribution >= 0.6 is 0 Å². The molecule has 0 unspecified atom stereocenters. The zero-order chi connectivity index (χ0) is 19.7. The van der Waals surface area contributed by atoms with Crippen LogP contribution in [0, 0.1) is 0 Å². The van der Waals surface area contributed by atoms with E-state index in [0.29, 0.717) is 0 Å². The zero-order valence-electron chi connectivity index (χ0n) is 16.1. The van der Waals surface area contributed by atoms with Gasteiger partial charge in [0.1, 0.15) is 11.2 Å². The molecule has 0 fully saturated rings. The second-order valence-electron chi connectivity index (χ2n) is 7.85. The van der Waals surface area contributed by atoms with Gasteiger partial charge in [-0.3, -0.25) is 0 Å². The third kappa shape index (κ3) is 2.03. The number of hydrogen-bond acceptors (Lipinski definition) is 1. The van der Waals surface area contributed by atoms with Crippen LogP contribution in [0.15, 0.2) is 101 Å². The highest BCUT2D eigenvalue weighted by atomic mass is 16.3. The van der Waals surface area contributed by atoms with Crippen LogP contribution in [0.4, 0.5) is 0 Å². The number of para-hydroxylation sites is 1. The maximum absolute atomic E-state index is 6.39. The van der Waals surface area contributed by atoms with Crippen molar-refractivity contribution in [3.63, 3.8) is 0 Å². The molecule has 0 aliphatic rings. The lowest BCUT2D eigenvalue weighted by Crippen LogP contribution is -1.79. The number of nitrogens with one attached hydrogen (secondary N) is 1. The summed E-state index contributed by atoms with van der Waals surface area (Å²) in [5, 5.41) is 7.16. The molecular weight excluding hydrogens is 366 g/mol. The molecule has 0 saturated heterocycles. The molecule has 5 aromatic carbocycles. The normalized spacial score (nSPS) is 12.0. The third-order valence-corrected chi connectivity index (χ3v) is 6.19. The largest absolute Gasteiger partial charge is 0.455 e. The molecule has 2 aromatic heterocycles. The first-order chi connectivity index (χ1) is 14.9. The first-order valence-electron chi connectivity index (χ1n) is 10.2. The first-order valence-corrected chi connectivity index (χ1v) is 10.2. The molecule has 7 rings (SSSR count). The Balaban J connectivity index is 1.75. The molecule has 0 amide bonds. The van der Waals surface area contributed by atoms with E-state index in [-0.39, 0.29) is 0 Å². The minimum absolute atomic E-state index is 0.929. The van der Waals surface area contributed by atoms with Gasteiger partial charge in [0, 0.05) is 37.8 Å². The van der Waals surface area contributed by atoms with E-state index in [1.165, 1.54) is 38.2 Å². The van der Waals surface area contributed by atoms with Crippen molar-refractivity contribution in [1.82, 2.24) is 4.98 Å². The van der Waals surface area contributed by atoms with E-state index in [1.54, 1.807) is 0 Å². The van der Waals surface area contributed by atoms with E-state index in [4.69, 9.17) is 4.42 Å². The lowest BCUT2D eigenvalue weighted by atomic mass is 9.98. The molecule has 2 heterocycles. The van der Waals surface area contributed by atoms with Crippen molar-refractivity contribution < 1.29 is 4.42 Å². The predicted molar refractivity (Wildman–Crippen MR) is 126 cm³/mol. The van der Waals surface area contributed by atoms with Crippen LogP contribution in [0.25, 0.3) is 65.6 Å². The summed E-state index contributed by atoms with van der Waals surface area (Å²) in [4.78, 5) is 3.70. The van der Waals surface area contributed by atoms with Crippen LogP contribution in [0.2, 0.25) is 0 Å². The second kappa shape index (κ2) is 5.74. The topological polar surface area (TPSA) is 28.9 Å². The minimum Gasteiger partial charge on any atom is -0.455 e. The molecule has 0 spiro atoms. The average Bonchev–Trinajstić information content (AvgIpc) is 3.38. The Labute approximate surface area is 172 Å². The number of hydrogen-bond donors (Lipinski definition) is 1. The Kier molecular flexibility index (Phi) is 3.03. The van der Waals surface area contributed by atoms with Gasteiger partial charge in [0.05, 0.1) is 5.52 Å². The fraction of sp³-hybridized carbons (Fsp3) is 0. The quantitative estimate of drug-likeness (QED) is 0.305. The van der Waals surface area contributed by atoms with Crippen LogP contribution in [-0.2, 0) is 0 Å². The molecular formula is C28H17NO. The number of fused-ring (bicyclic) bond motifs is 10. The van der Waals surface area contributed by atoms with Crippen molar-refractivity contribution in [3.8, 4) is 11.1 Å². The molecule has 0 atom stereocenters. The van der Waals surface area contributed by atoms with E-state index in [2.05, 4.69) is 96.0 Å². The van der Waals surface area contributed by atoms with Crippen molar-refractivity contribution in [2.24, 2.45) is 0 Å². The van der Waals surface area contributed by atoms with Crippen LogP contribution in [0.1, 0.15) is 0 Å². The van der Waals surface area contributed by atoms with E-state index >= 15 is 0 Å². The number of benzene rings is 5. The van der Waals surface area contributed by atoms with Gasteiger partial charge in [-0.15, -0.1) is 0 Å². The molecule has 0 radical (unpaired) electrons. The van der Waals surface area contributed by atoms with Gasteiger partial charge in [-0.25, -0.2) is 0 Å². The van der Waals surface area contributed by atoms with Gasteiger partial charge in [-0.1, -0.05) is 78.9 Å². The summed E-state index contributed by atoms with van der Waals surface area (Å²) in [5.41, 5.74) is 6.66. The van der Waals surface area contributed by atoms with E-state index in [0.717, 1.165) is 27.5 Å². The van der Waals surface area contributed by atoms with Gasteiger partial charge in [0.25, 0.3) is 0 Å². The minimum atomic E-state index is 0.929. The first kappa shape index (κ1) is 15.8. The molecule has 0 bridgehead atoms. The Bertz CT molecular complexity index is 1740. The molecule has 0 aliphatic heterocycles. The molecule has 1 N–H and O–H groups in total. The predicted octanol–water partition coefficient (Wildman–Crippen LogP) is 8.04. The van der Waals surface area contributed by atoms with Gasteiger partial charge in [-0.05, 0) is 29.3 Å². The molecule has 140 valence electrons. The fourth-order valence-electron chi connectivity index (χ4n) is 4.85. The Morgan fingerprint density at radius 1 is 0.533 bits per heavy atom. The smallest absolute Gasteiger partial charge is 0.144 e. The van der Waals surface area contributed by atoms with E-state index in [1.807, 2.05) is 6.07 Å². The van der Waals surface area contributed by atoms with Crippen LogP contribution < -0.4 is 0 Å². The molecule has 7 aromatic rings. The highest BCUT2D eigenvalue weighted by Crippen LogP contribution is 2.44. The molecule has 2 nitrogen and oxygen atoms in total. The number of furan rings is 1. The molecule has 0 saturated carbocycles. The zero-order valence-corrected chi connectivity index (χ0v) is 16.1. The van der Waals surface area contributed by atoms with Crippen molar-refractivity contribution in [3.05, 3.63) is 97.1 Å². The average molecular weight is 383 g/mol. The highest BCUT2D eigenvalue weighted by molar-refractivity contribution is 6.35. The van der Waals surface area contributed by atoms with Gasteiger partial charge in [0.15, 0.2) is 0 Å². The lowest BCUT2D eigenvalue weighted by molar-refractivity contribution is 0.673. The Morgan fingerprint density at radius 2 is 1.27 bits per heavy atom. The Morgan fingerprint density at radius 3 is 2.13 bits per heavy atom. The standard InChI is InChI=1S/C28H17NO/c1-2-8-17(9-3-1)18-14-15-23-22(16-18)25-26-21-12-6-7-13-24(21)30-28(26)20-11-5-4-10-19(20)27(25)29-23/h1-16,29H. The second-order valence-corrected chi connectivity index (χ2v) is 7.85. The molecule has 0 aliphatic carbocycles. The van der Waals surface area contributed by atoms with Crippen molar-refractivity contribution in [1.29, 1.82) is 0 Å². The van der Waals surface area contributed by atoms with Gasteiger partial charge < -0.3 is 9.40 Å². The number of H-pyrrole nitrogens is 1. The monoisotopic (exact) mass is 383 g/mol. The maximum Gasteiger partial charge on any atom is 0.144 e. The van der Waals surface area contributed by atoms with Crippen LogP contribution in [0.3, 0.4) is 0 Å². The van der Waals surface area contributed by atoms with Crippen LogP contribution in [-0.4, -0.2) is 4.98 Å². The number of aromatic amines is 1.